The van der Waals surface area contributed by atoms with E-state index in [0.717, 1.165) is 0 Å². The monoisotopic (exact) mass is 584 g/mol. The molecule has 0 aliphatic rings. The van der Waals surface area contributed by atoms with E-state index in [-0.39, 0.29) is 44.6 Å². The normalized spacial score (nSPS) is 12.5. The Morgan fingerprint density at radius 1 is 0.364 bits per heavy atom. The Kier molecular flexibility index (Phi) is 27.0. The second-order valence-corrected chi connectivity index (χ2v) is 35.9. The Balaban J connectivity index is -0.000000225. The highest BCUT2D eigenvalue weighted by Gasteiger charge is 2.59. The van der Waals surface area contributed by atoms with E-state index in [4.69, 9.17) is 25.3 Å². The van der Waals surface area contributed by atoms with Crippen LogP contribution in [-0.4, -0.2) is 65.1 Å². The molecule has 0 atom stereocenters. The molecule has 212 valence electrons. The Hall–Kier alpha value is 1.06. The molecule has 0 amide bonds. The maximum atomic E-state index is 6.63. The van der Waals surface area contributed by atoms with E-state index < -0.39 is 50.9 Å². The minimum Gasteiger partial charge on any atom is -0.416 e. The molecule has 0 aliphatic carbocycles. The van der Waals surface area contributed by atoms with Gasteiger partial charge in [-0.1, -0.05) is 44.6 Å². The van der Waals surface area contributed by atoms with Crippen molar-refractivity contribution >= 4 is 50.9 Å². The van der Waals surface area contributed by atoms with Crippen LogP contribution in [0.3, 0.4) is 0 Å². The molecule has 0 saturated heterocycles. The third kappa shape index (κ3) is 23.2. The molecule has 0 fully saturated rings. The Bertz CT molecular complexity index is 394. The maximum Gasteiger partial charge on any atom is 0.484 e. The summed E-state index contributed by atoms with van der Waals surface area (Å²) in [6.45, 7) is 26.0. The largest absolute Gasteiger partial charge is 0.484 e. The van der Waals surface area contributed by atoms with E-state index >= 15 is 0 Å². The van der Waals surface area contributed by atoms with Crippen LogP contribution in [0.5, 0.6) is 0 Å². The highest BCUT2D eigenvalue weighted by atomic mass is 28.5. The SMILES string of the molecule is C.C.C.C.C.C.CO[Si](C[Si](OC)(O[Si](C)(C)C)O[Si](C)(C)C)(O[Si](C)(C)C)O[Si](C)(C)C. The lowest BCUT2D eigenvalue weighted by molar-refractivity contribution is 0.172. The Morgan fingerprint density at radius 3 is 0.606 bits per heavy atom. The fourth-order valence-electron chi connectivity index (χ4n) is 2.63. The van der Waals surface area contributed by atoms with E-state index in [2.05, 4.69) is 78.6 Å². The first-order valence-electron chi connectivity index (χ1n) is 9.56. The van der Waals surface area contributed by atoms with Crippen LogP contribution in [0.15, 0.2) is 0 Å². The van der Waals surface area contributed by atoms with E-state index in [0.29, 0.717) is 5.67 Å². The zero-order valence-corrected chi connectivity index (χ0v) is 26.2. The van der Waals surface area contributed by atoms with Crippen molar-refractivity contribution in [2.24, 2.45) is 0 Å². The third-order valence-corrected chi connectivity index (χ3v) is 22.4. The van der Waals surface area contributed by atoms with Gasteiger partial charge in [0.1, 0.15) is 0 Å². The summed E-state index contributed by atoms with van der Waals surface area (Å²) < 4.78 is 38.7. The predicted molar refractivity (Wildman–Crippen MR) is 168 cm³/mol. The fraction of sp³-hybridized carbons (Fsp3) is 1.00. The molecule has 0 N–H and O–H groups in total. The van der Waals surface area contributed by atoms with Gasteiger partial charge in [0.2, 0.25) is 0 Å². The first-order valence-corrected chi connectivity index (χ1v) is 27.1. The molecule has 0 heterocycles. The summed E-state index contributed by atoms with van der Waals surface area (Å²) in [4.78, 5) is 0. The van der Waals surface area contributed by atoms with Gasteiger partial charge in [0, 0.05) is 14.2 Å². The first kappa shape index (κ1) is 50.8. The molecule has 0 aromatic rings. The number of hydrogen-bond donors (Lipinski definition) is 0. The molecule has 0 unspecified atom stereocenters. The van der Waals surface area contributed by atoms with E-state index in [1.807, 2.05) is 0 Å². The second-order valence-electron chi connectivity index (χ2n) is 10.8. The van der Waals surface area contributed by atoms with Gasteiger partial charge >= 0.3 is 17.6 Å². The minimum absolute atomic E-state index is 0. The molecular weight excluding hydrogens is 517 g/mol. The summed E-state index contributed by atoms with van der Waals surface area (Å²) >= 11 is 0. The van der Waals surface area contributed by atoms with Crippen LogP contribution in [0.2, 0.25) is 84.2 Å². The van der Waals surface area contributed by atoms with Crippen molar-refractivity contribution in [1.29, 1.82) is 0 Å². The van der Waals surface area contributed by atoms with Gasteiger partial charge in [0.05, 0.1) is 5.67 Å². The minimum atomic E-state index is -3.04. The molecule has 6 nitrogen and oxygen atoms in total. The van der Waals surface area contributed by atoms with Gasteiger partial charge in [0.25, 0.3) is 0 Å². The van der Waals surface area contributed by atoms with Crippen molar-refractivity contribution in [1.82, 2.24) is 0 Å². The van der Waals surface area contributed by atoms with Crippen molar-refractivity contribution in [3.63, 3.8) is 0 Å². The molecule has 0 bridgehead atoms. The molecule has 0 aromatic heterocycles. The Morgan fingerprint density at radius 2 is 0.515 bits per heavy atom. The lowest BCUT2D eigenvalue weighted by Crippen LogP contribution is -2.66. The zero-order valence-electron chi connectivity index (χ0n) is 20.2. The molecule has 0 rings (SSSR count). The lowest BCUT2D eigenvalue weighted by Gasteiger charge is -2.44. The van der Waals surface area contributed by atoms with Crippen LogP contribution in [0.1, 0.15) is 44.6 Å². The van der Waals surface area contributed by atoms with Gasteiger partial charge in [-0.05, 0) is 78.6 Å². The van der Waals surface area contributed by atoms with Gasteiger partial charge in [-0.15, -0.1) is 0 Å². The van der Waals surface area contributed by atoms with Gasteiger partial charge in [-0.2, -0.15) is 0 Å². The molecule has 0 aromatic carbocycles. The molecule has 0 spiro atoms. The summed E-state index contributed by atoms with van der Waals surface area (Å²) in [6, 6.07) is 0. The highest BCUT2D eigenvalue weighted by Crippen LogP contribution is 2.34. The third-order valence-electron chi connectivity index (χ3n) is 2.90. The number of rotatable bonds is 12. The first-order chi connectivity index (χ1) is 11.7. The molecule has 12 heteroatoms. The quantitative estimate of drug-likeness (QED) is 0.213. The van der Waals surface area contributed by atoms with Gasteiger partial charge < -0.3 is 25.3 Å². The van der Waals surface area contributed by atoms with Crippen molar-refractivity contribution in [2.45, 2.75) is 129 Å². The topological polar surface area (TPSA) is 55.4 Å². The summed E-state index contributed by atoms with van der Waals surface area (Å²) in [7, 11) is -10.4. The van der Waals surface area contributed by atoms with Crippen molar-refractivity contribution < 1.29 is 25.3 Å². The van der Waals surface area contributed by atoms with Crippen molar-refractivity contribution in [2.75, 3.05) is 14.2 Å². The van der Waals surface area contributed by atoms with Crippen LogP contribution < -0.4 is 0 Å². The molecule has 0 radical (unpaired) electrons. The predicted octanol–water partition coefficient (Wildman–Crippen LogP) is 8.92. The van der Waals surface area contributed by atoms with Gasteiger partial charge in [-0.25, -0.2) is 0 Å². The van der Waals surface area contributed by atoms with E-state index in [1.54, 1.807) is 14.2 Å². The van der Waals surface area contributed by atoms with E-state index in [9.17, 15) is 0 Å². The highest BCUT2D eigenvalue weighted by molar-refractivity contribution is 6.95. The van der Waals surface area contributed by atoms with Crippen LogP contribution in [-0.2, 0) is 25.3 Å². The van der Waals surface area contributed by atoms with Crippen LogP contribution in [0.4, 0.5) is 0 Å². The summed E-state index contributed by atoms with van der Waals surface area (Å²) in [6.07, 6.45) is 0. The molecule has 0 saturated carbocycles. The molecule has 0 aliphatic heterocycles. The lowest BCUT2D eigenvalue weighted by atomic mass is 11.8. The summed E-state index contributed by atoms with van der Waals surface area (Å²) in [5.74, 6) is 0. The maximum absolute atomic E-state index is 6.63. The van der Waals surface area contributed by atoms with Crippen LogP contribution in [0, 0.1) is 0 Å². The van der Waals surface area contributed by atoms with E-state index in [1.165, 1.54) is 0 Å². The van der Waals surface area contributed by atoms with Crippen LogP contribution in [0.25, 0.3) is 0 Å². The van der Waals surface area contributed by atoms with Gasteiger partial charge in [-0.3, -0.25) is 0 Å². The zero-order chi connectivity index (χ0) is 21.9. The van der Waals surface area contributed by atoms with Crippen molar-refractivity contribution in [3.05, 3.63) is 0 Å². The van der Waals surface area contributed by atoms with Crippen LogP contribution >= 0.6 is 0 Å². The summed E-state index contributed by atoms with van der Waals surface area (Å²) in [5.41, 5.74) is 0.468. The Labute approximate surface area is 218 Å². The fourth-order valence-corrected chi connectivity index (χ4v) is 27.0. The van der Waals surface area contributed by atoms with Gasteiger partial charge in [0.15, 0.2) is 33.3 Å². The molecular formula is C21H68O6Si6. The standard InChI is InChI=1S/C15H44O6Si6.6CH4/c1-16-26(18-22(3,4)5,19-23(6,7)8)15-27(17-2,20-24(9,10)11)21-25(12,13)14;;;;;;/h15H2,1-14H3;6*1H4. The van der Waals surface area contributed by atoms with Crippen molar-refractivity contribution in [3.8, 4) is 0 Å². The summed E-state index contributed by atoms with van der Waals surface area (Å²) in [5, 5.41) is 0. The smallest absolute Gasteiger partial charge is 0.416 e. The average molecular weight is 585 g/mol. The second kappa shape index (κ2) is 17.5. The average Bonchev–Trinajstić information content (AvgIpc) is 2.29. The molecule has 33 heavy (non-hydrogen) atoms. The number of hydrogen-bond acceptors (Lipinski definition) is 6.